The van der Waals surface area contributed by atoms with Crippen molar-refractivity contribution in [3.8, 4) is 22.4 Å². The highest BCUT2D eigenvalue weighted by Crippen LogP contribution is 2.31. The van der Waals surface area contributed by atoms with Gasteiger partial charge in [-0.3, -0.25) is 10.1 Å². The molecular formula is C15H12FN3. The van der Waals surface area contributed by atoms with E-state index in [0.29, 0.717) is 0 Å². The first-order valence-corrected chi connectivity index (χ1v) is 5.96. The van der Waals surface area contributed by atoms with Crippen LogP contribution in [0, 0.1) is 12.7 Å². The Hall–Kier alpha value is -2.49. The van der Waals surface area contributed by atoms with Crippen molar-refractivity contribution >= 4 is 0 Å². The van der Waals surface area contributed by atoms with Gasteiger partial charge >= 0.3 is 0 Å². The number of rotatable bonds is 2. The first kappa shape index (κ1) is 11.6. The maximum Gasteiger partial charge on any atom is 0.123 e. The van der Waals surface area contributed by atoms with E-state index in [1.807, 2.05) is 25.4 Å². The predicted molar refractivity (Wildman–Crippen MR) is 71.9 cm³/mol. The summed E-state index contributed by atoms with van der Waals surface area (Å²) in [5.74, 6) is -0.249. The number of aromatic amines is 1. The first-order valence-electron chi connectivity index (χ1n) is 5.96. The molecular weight excluding hydrogens is 241 g/mol. The Morgan fingerprint density at radius 1 is 1.05 bits per heavy atom. The number of H-pyrrole nitrogens is 1. The summed E-state index contributed by atoms with van der Waals surface area (Å²) < 4.78 is 13.0. The predicted octanol–water partition coefficient (Wildman–Crippen LogP) is 3.59. The number of benzene rings is 1. The summed E-state index contributed by atoms with van der Waals surface area (Å²) in [7, 11) is 0. The molecule has 3 aromatic rings. The molecule has 0 radical (unpaired) electrons. The van der Waals surface area contributed by atoms with Gasteiger partial charge in [0.25, 0.3) is 0 Å². The normalized spacial score (nSPS) is 10.6. The monoisotopic (exact) mass is 253 g/mol. The van der Waals surface area contributed by atoms with Crippen LogP contribution in [0.2, 0.25) is 0 Å². The largest absolute Gasteiger partial charge is 0.284 e. The molecule has 0 saturated heterocycles. The molecule has 2 heterocycles. The zero-order valence-corrected chi connectivity index (χ0v) is 10.4. The van der Waals surface area contributed by atoms with Crippen LogP contribution in [0.15, 0.2) is 48.9 Å². The zero-order valence-electron chi connectivity index (χ0n) is 10.4. The third-order valence-electron chi connectivity index (χ3n) is 3.07. The van der Waals surface area contributed by atoms with Crippen LogP contribution >= 0.6 is 0 Å². The Bertz CT molecular complexity index is 701. The van der Waals surface area contributed by atoms with Gasteiger partial charge in [0, 0.05) is 29.7 Å². The highest BCUT2D eigenvalue weighted by Gasteiger charge is 2.12. The fraction of sp³-hybridized carbons (Fsp3) is 0.0667. The second-order valence-electron chi connectivity index (χ2n) is 4.35. The number of halogens is 1. The minimum absolute atomic E-state index is 0.249. The molecule has 0 saturated carbocycles. The lowest BCUT2D eigenvalue weighted by Crippen LogP contribution is -1.87. The Kier molecular flexibility index (Phi) is 2.83. The highest BCUT2D eigenvalue weighted by atomic mass is 19.1. The van der Waals surface area contributed by atoms with Crippen molar-refractivity contribution in [2.24, 2.45) is 0 Å². The summed E-state index contributed by atoms with van der Waals surface area (Å²) in [6.45, 7) is 2.00. The van der Waals surface area contributed by atoms with Gasteiger partial charge in [-0.1, -0.05) is 0 Å². The number of pyridine rings is 1. The van der Waals surface area contributed by atoms with E-state index < -0.39 is 0 Å². The lowest BCUT2D eigenvalue weighted by atomic mass is 10.00. The quantitative estimate of drug-likeness (QED) is 0.758. The molecule has 0 bridgehead atoms. The van der Waals surface area contributed by atoms with E-state index in [1.54, 1.807) is 18.3 Å². The molecule has 3 nitrogen and oxygen atoms in total. The molecule has 3 rings (SSSR count). The SMILES string of the molecule is Cc1cnccc1-c1c[nH]nc1-c1ccc(F)cc1. The van der Waals surface area contributed by atoms with Crippen molar-refractivity contribution in [1.82, 2.24) is 15.2 Å². The minimum Gasteiger partial charge on any atom is -0.284 e. The molecule has 2 aromatic heterocycles. The Balaban J connectivity index is 2.13. The Labute approximate surface area is 110 Å². The first-order chi connectivity index (χ1) is 9.25. The molecule has 94 valence electrons. The lowest BCUT2D eigenvalue weighted by molar-refractivity contribution is 0.628. The van der Waals surface area contributed by atoms with Gasteiger partial charge in [-0.15, -0.1) is 0 Å². The highest BCUT2D eigenvalue weighted by molar-refractivity contribution is 5.81. The molecule has 0 aliphatic heterocycles. The van der Waals surface area contributed by atoms with E-state index in [1.165, 1.54) is 12.1 Å². The molecule has 0 atom stereocenters. The van der Waals surface area contributed by atoms with Crippen molar-refractivity contribution < 1.29 is 4.39 Å². The molecule has 4 heteroatoms. The molecule has 1 N–H and O–H groups in total. The van der Waals surface area contributed by atoms with Crippen LogP contribution < -0.4 is 0 Å². The van der Waals surface area contributed by atoms with E-state index in [4.69, 9.17) is 0 Å². The summed E-state index contributed by atoms with van der Waals surface area (Å²) in [4.78, 5) is 4.09. The topological polar surface area (TPSA) is 41.6 Å². The van der Waals surface area contributed by atoms with E-state index >= 15 is 0 Å². The number of aryl methyl sites for hydroxylation is 1. The van der Waals surface area contributed by atoms with E-state index in [9.17, 15) is 4.39 Å². The second-order valence-corrected chi connectivity index (χ2v) is 4.35. The van der Waals surface area contributed by atoms with Crippen LogP contribution in [-0.2, 0) is 0 Å². The summed E-state index contributed by atoms with van der Waals surface area (Å²) in [6.07, 6.45) is 5.42. The van der Waals surface area contributed by atoms with Crippen LogP contribution in [0.1, 0.15) is 5.56 Å². The van der Waals surface area contributed by atoms with Crippen molar-refractivity contribution in [2.45, 2.75) is 6.92 Å². The lowest BCUT2D eigenvalue weighted by Gasteiger charge is -2.05. The van der Waals surface area contributed by atoms with Crippen LogP contribution in [0.3, 0.4) is 0 Å². The minimum atomic E-state index is -0.249. The fourth-order valence-corrected chi connectivity index (χ4v) is 2.10. The summed E-state index contributed by atoms with van der Waals surface area (Å²) >= 11 is 0. The maximum absolute atomic E-state index is 13.0. The smallest absolute Gasteiger partial charge is 0.123 e. The maximum atomic E-state index is 13.0. The number of aromatic nitrogens is 3. The van der Waals surface area contributed by atoms with Crippen molar-refractivity contribution in [2.75, 3.05) is 0 Å². The van der Waals surface area contributed by atoms with E-state index in [2.05, 4.69) is 15.2 Å². The van der Waals surface area contributed by atoms with Gasteiger partial charge in [-0.25, -0.2) is 4.39 Å². The third kappa shape index (κ3) is 2.12. The van der Waals surface area contributed by atoms with Crippen molar-refractivity contribution in [3.05, 3.63) is 60.3 Å². The average molecular weight is 253 g/mol. The van der Waals surface area contributed by atoms with Crippen LogP contribution in [0.25, 0.3) is 22.4 Å². The third-order valence-corrected chi connectivity index (χ3v) is 3.07. The van der Waals surface area contributed by atoms with Crippen molar-refractivity contribution in [3.63, 3.8) is 0 Å². The van der Waals surface area contributed by atoms with Gasteiger partial charge in [-0.2, -0.15) is 5.10 Å². The van der Waals surface area contributed by atoms with E-state index in [-0.39, 0.29) is 5.82 Å². The second kappa shape index (κ2) is 4.65. The average Bonchev–Trinajstić information content (AvgIpc) is 2.89. The van der Waals surface area contributed by atoms with Gasteiger partial charge in [0.15, 0.2) is 0 Å². The van der Waals surface area contributed by atoms with Crippen LogP contribution in [0.5, 0.6) is 0 Å². The Morgan fingerprint density at radius 2 is 1.84 bits per heavy atom. The van der Waals surface area contributed by atoms with Gasteiger partial charge in [0.05, 0.1) is 5.69 Å². The number of hydrogen-bond donors (Lipinski definition) is 1. The Morgan fingerprint density at radius 3 is 2.58 bits per heavy atom. The number of nitrogens with zero attached hydrogens (tertiary/aromatic N) is 2. The van der Waals surface area contributed by atoms with Gasteiger partial charge in [-0.05, 0) is 48.4 Å². The molecule has 0 amide bonds. The van der Waals surface area contributed by atoms with Crippen LogP contribution in [-0.4, -0.2) is 15.2 Å². The zero-order chi connectivity index (χ0) is 13.2. The van der Waals surface area contributed by atoms with Gasteiger partial charge in [0.1, 0.15) is 5.82 Å². The fourth-order valence-electron chi connectivity index (χ4n) is 2.10. The molecule has 0 aliphatic carbocycles. The number of hydrogen-bond acceptors (Lipinski definition) is 2. The number of nitrogens with one attached hydrogen (secondary N) is 1. The van der Waals surface area contributed by atoms with Crippen LogP contribution in [0.4, 0.5) is 4.39 Å². The molecule has 0 unspecified atom stereocenters. The van der Waals surface area contributed by atoms with Crippen molar-refractivity contribution in [1.29, 1.82) is 0 Å². The summed E-state index contributed by atoms with van der Waals surface area (Å²) in [5.41, 5.74) is 4.84. The standard InChI is InChI=1S/C15H12FN3/c1-10-8-17-7-6-13(10)14-9-18-19-15(14)11-2-4-12(16)5-3-11/h2-9H,1H3,(H,18,19). The molecule has 0 spiro atoms. The summed E-state index contributed by atoms with van der Waals surface area (Å²) in [6, 6.07) is 8.28. The molecule has 19 heavy (non-hydrogen) atoms. The van der Waals surface area contributed by atoms with Gasteiger partial charge in [0.2, 0.25) is 0 Å². The molecule has 1 aromatic carbocycles. The van der Waals surface area contributed by atoms with Gasteiger partial charge < -0.3 is 0 Å². The molecule has 0 fully saturated rings. The van der Waals surface area contributed by atoms with E-state index in [0.717, 1.165) is 27.9 Å². The molecule has 0 aliphatic rings. The summed E-state index contributed by atoms with van der Waals surface area (Å²) in [5, 5.41) is 7.14.